The maximum absolute atomic E-state index is 12.3. The summed E-state index contributed by atoms with van der Waals surface area (Å²) in [6, 6.07) is 15.4. The van der Waals surface area contributed by atoms with Gasteiger partial charge in [-0.3, -0.25) is 4.79 Å². The first kappa shape index (κ1) is 20.3. The Bertz CT molecular complexity index is 772. The molecule has 0 saturated heterocycles. The zero-order valence-electron chi connectivity index (χ0n) is 15.8. The predicted octanol–water partition coefficient (Wildman–Crippen LogP) is 3.15. The molecule has 0 aliphatic rings. The van der Waals surface area contributed by atoms with Crippen molar-refractivity contribution in [2.75, 3.05) is 33.0 Å². The molecule has 0 saturated carbocycles. The number of ether oxygens (including phenoxy) is 1. The smallest absolute Gasteiger partial charge is 0.319 e. The summed E-state index contributed by atoms with van der Waals surface area (Å²) in [6.07, 6.45) is -0.139. The summed E-state index contributed by atoms with van der Waals surface area (Å²) in [5.41, 5.74) is 0.556. The highest BCUT2D eigenvalue weighted by Gasteiger charge is 2.22. The fourth-order valence-electron chi connectivity index (χ4n) is 2.65. The van der Waals surface area contributed by atoms with Gasteiger partial charge in [-0.05, 0) is 24.3 Å². The Morgan fingerprint density at radius 1 is 1.04 bits per heavy atom. The van der Waals surface area contributed by atoms with E-state index in [0.717, 1.165) is 0 Å². The van der Waals surface area contributed by atoms with E-state index in [9.17, 15) is 9.59 Å². The van der Waals surface area contributed by atoms with Gasteiger partial charge in [0.2, 0.25) is 0 Å². The minimum Gasteiger partial charge on any atom is -0.481 e. The average molecular weight is 372 g/mol. The third-order valence-electron chi connectivity index (χ3n) is 3.60. The molecule has 27 heavy (non-hydrogen) atoms. The van der Waals surface area contributed by atoms with Crippen LogP contribution in [0, 0.1) is 0 Å². The Morgan fingerprint density at radius 2 is 1.70 bits per heavy atom. The van der Waals surface area contributed by atoms with Crippen LogP contribution >= 0.6 is 0 Å². The van der Waals surface area contributed by atoms with E-state index < -0.39 is 18.0 Å². The molecule has 0 heterocycles. The summed E-state index contributed by atoms with van der Waals surface area (Å²) in [5, 5.41) is 14.5. The van der Waals surface area contributed by atoms with E-state index in [1.807, 2.05) is 51.5 Å². The molecule has 1 unspecified atom stereocenters. The molecular weight excluding hydrogens is 346 g/mol. The summed E-state index contributed by atoms with van der Waals surface area (Å²) in [5.74, 6) is 0.336. The van der Waals surface area contributed by atoms with E-state index in [1.54, 1.807) is 24.3 Å². The van der Waals surface area contributed by atoms with Crippen LogP contribution in [0.1, 0.15) is 6.42 Å². The van der Waals surface area contributed by atoms with Crippen LogP contribution in [0.5, 0.6) is 11.5 Å². The molecule has 0 fully saturated rings. The maximum Gasteiger partial charge on any atom is 0.319 e. The summed E-state index contributed by atoms with van der Waals surface area (Å²) in [4.78, 5) is 23.4. The number of carbonyl (C=O) groups is 2. The number of carboxylic acid groups (broad SMARTS) is 1. The number of likely N-dealkylation sites (N-methyl/N-ethyl adjacent to an activating group) is 1. The molecule has 2 aromatic rings. The predicted molar refractivity (Wildman–Crippen MR) is 104 cm³/mol. The van der Waals surface area contributed by atoms with E-state index in [2.05, 4.69) is 10.6 Å². The number of rotatable bonds is 8. The lowest BCUT2D eigenvalue weighted by Crippen LogP contribution is -2.50. The molecule has 3 N–H and O–H groups in total. The van der Waals surface area contributed by atoms with E-state index >= 15 is 0 Å². The zero-order valence-corrected chi connectivity index (χ0v) is 15.8. The van der Waals surface area contributed by atoms with Crippen molar-refractivity contribution in [3.63, 3.8) is 0 Å². The van der Waals surface area contributed by atoms with Gasteiger partial charge in [-0.25, -0.2) is 4.79 Å². The highest BCUT2D eigenvalue weighted by molar-refractivity contribution is 5.90. The van der Waals surface area contributed by atoms with Crippen LogP contribution in [0.2, 0.25) is 0 Å². The Hall–Kier alpha value is -3.06. The fraction of sp³-hybridized carbons (Fsp3) is 0.300. The number of urea groups is 1. The number of amides is 2. The van der Waals surface area contributed by atoms with Gasteiger partial charge in [0.1, 0.15) is 11.5 Å². The first-order valence-electron chi connectivity index (χ1n) is 8.64. The van der Waals surface area contributed by atoms with Crippen molar-refractivity contribution in [3.05, 3.63) is 54.6 Å². The topological polar surface area (TPSA) is 87.7 Å². The fourth-order valence-corrected chi connectivity index (χ4v) is 2.65. The van der Waals surface area contributed by atoms with Crippen LogP contribution in [-0.2, 0) is 4.79 Å². The minimum atomic E-state index is -0.952. The van der Waals surface area contributed by atoms with Gasteiger partial charge in [-0.2, -0.15) is 0 Å². The largest absolute Gasteiger partial charge is 0.481 e. The summed E-state index contributed by atoms with van der Waals surface area (Å²) in [6.45, 7) is 0.497. The van der Waals surface area contributed by atoms with Gasteiger partial charge in [0.15, 0.2) is 0 Å². The van der Waals surface area contributed by atoms with Crippen molar-refractivity contribution in [2.24, 2.45) is 0 Å². The second-order valence-electron chi connectivity index (χ2n) is 7.31. The number of hydrogen-bond acceptors (Lipinski definition) is 3. The first-order valence-corrected chi connectivity index (χ1v) is 8.64. The van der Waals surface area contributed by atoms with E-state index in [-0.39, 0.29) is 6.42 Å². The molecule has 0 spiro atoms. The number of nitrogens with one attached hydrogen (secondary N) is 2. The average Bonchev–Trinajstić information content (AvgIpc) is 2.53. The monoisotopic (exact) mass is 372 g/mol. The lowest BCUT2D eigenvalue weighted by Gasteiger charge is -2.29. The molecule has 2 amide bonds. The van der Waals surface area contributed by atoms with Gasteiger partial charge < -0.3 is 25.0 Å². The van der Waals surface area contributed by atoms with Crippen molar-refractivity contribution >= 4 is 17.7 Å². The third-order valence-corrected chi connectivity index (χ3v) is 3.60. The SMILES string of the molecule is C[N+](C)(C)CC(CC(=O)O)NC(=O)Nc1cccc(Oc2ccccc2)c1. The third kappa shape index (κ3) is 7.79. The zero-order chi connectivity index (χ0) is 19.9. The molecule has 2 aromatic carbocycles. The number of nitrogens with zero attached hydrogens (tertiary/aromatic N) is 1. The second-order valence-corrected chi connectivity index (χ2v) is 7.31. The number of anilines is 1. The second kappa shape index (κ2) is 9.05. The van der Waals surface area contributed by atoms with Crippen LogP contribution in [0.15, 0.2) is 54.6 Å². The quantitative estimate of drug-likeness (QED) is 0.621. The number of carboxylic acids is 1. The van der Waals surface area contributed by atoms with Crippen molar-refractivity contribution in [2.45, 2.75) is 12.5 Å². The molecule has 0 aliphatic carbocycles. The van der Waals surface area contributed by atoms with Crippen molar-refractivity contribution in [3.8, 4) is 11.5 Å². The molecule has 0 radical (unpaired) electrons. The molecule has 0 aliphatic heterocycles. The molecule has 1 atom stereocenters. The highest BCUT2D eigenvalue weighted by atomic mass is 16.5. The molecule has 0 bridgehead atoms. The van der Waals surface area contributed by atoms with E-state index in [4.69, 9.17) is 9.84 Å². The molecular formula is C20H26N3O4+. The van der Waals surface area contributed by atoms with Gasteiger partial charge >= 0.3 is 12.0 Å². The molecule has 7 heteroatoms. The number of benzene rings is 2. The Balaban J connectivity index is 1.99. The molecule has 0 aromatic heterocycles. The Kier molecular flexibility index (Phi) is 6.79. The van der Waals surface area contributed by atoms with Crippen molar-refractivity contribution in [1.29, 1.82) is 0 Å². The van der Waals surface area contributed by atoms with Gasteiger partial charge in [0.25, 0.3) is 0 Å². The van der Waals surface area contributed by atoms with Gasteiger partial charge in [-0.15, -0.1) is 0 Å². The number of carbonyl (C=O) groups excluding carboxylic acids is 1. The normalized spacial score (nSPS) is 12.1. The molecule has 144 valence electrons. The summed E-state index contributed by atoms with van der Waals surface area (Å²) in [7, 11) is 5.83. The Labute approximate surface area is 159 Å². The Morgan fingerprint density at radius 3 is 2.33 bits per heavy atom. The van der Waals surface area contributed by atoms with E-state index in [0.29, 0.717) is 28.2 Å². The summed E-state index contributed by atoms with van der Waals surface area (Å²) >= 11 is 0. The standard InChI is InChI=1S/C20H25N3O4/c1-23(2,3)14-16(13-19(24)25)22-20(26)21-15-8-7-11-18(12-15)27-17-9-5-4-6-10-17/h4-12,16H,13-14H2,1-3H3,(H2-,21,22,24,25,26)/p+1. The number of quaternary nitrogens is 1. The lowest BCUT2D eigenvalue weighted by molar-refractivity contribution is -0.871. The lowest BCUT2D eigenvalue weighted by atomic mass is 10.2. The van der Waals surface area contributed by atoms with Crippen molar-refractivity contribution in [1.82, 2.24) is 5.32 Å². The van der Waals surface area contributed by atoms with Crippen LogP contribution in [0.3, 0.4) is 0 Å². The van der Waals surface area contributed by atoms with Crippen molar-refractivity contribution < 1.29 is 23.9 Å². The molecule has 2 rings (SSSR count). The van der Waals surface area contributed by atoms with Crippen LogP contribution in [0.25, 0.3) is 0 Å². The van der Waals surface area contributed by atoms with Gasteiger partial charge in [0.05, 0.1) is 40.2 Å². The van der Waals surface area contributed by atoms with Crippen LogP contribution in [-0.4, -0.2) is 55.3 Å². The number of hydrogen-bond donors (Lipinski definition) is 3. The van der Waals surface area contributed by atoms with Gasteiger partial charge in [0, 0.05) is 11.8 Å². The van der Waals surface area contributed by atoms with Crippen LogP contribution in [0.4, 0.5) is 10.5 Å². The highest BCUT2D eigenvalue weighted by Crippen LogP contribution is 2.23. The first-order chi connectivity index (χ1) is 12.7. The number of aliphatic carboxylic acids is 1. The minimum absolute atomic E-state index is 0.139. The maximum atomic E-state index is 12.3. The van der Waals surface area contributed by atoms with Crippen LogP contribution < -0.4 is 15.4 Å². The summed E-state index contributed by atoms with van der Waals surface area (Å²) < 4.78 is 6.29. The molecule has 7 nitrogen and oxygen atoms in total. The number of para-hydroxylation sites is 1. The van der Waals surface area contributed by atoms with Gasteiger partial charge in [-0.1, -0.05) is 24.3 Å². The van der Waals surface area contributed by atoms with E-state index in [1.165, 1.54) is 0 Å².